The van der Waals surface area contributed by atoms with E-state index in [4.69, 9.17) is 10.2 Å². The van der Waals surface area contributed by atoms with Gasteiger partial charge in [-0.25, -0.2) is 4.79 Å². The molecule has 0 spiro atoms. The number of aliphatic carboxylic acids is 1. The summed E-state index contributed by atoms with van der Waals surface area (Å²) in [6, 6.07) is -1.25. The lowest BCUT2D eigenvalue weighted by Gasteiger charge is -2.09. The highest BCUT2D eigenvalue weighted by molar-refractivity contribution is 5.91. The minimum atomic E-state index is -1.25. The first-order chi connectivity index (χ1) is 8.36. The van der Waals surface area contributed by atoms with Crippen molar-refractivity contribution >= 4 is 11.9 Å². The second-order valence-electron chi connectivity index (χ2n) is 4.39. The van der Waals surface area contributed by atoms with E-state index in [1.54, 1.807) is 0 Å². The van der Waals surface area contributed by atoms with Crippen molar-refractivity contribution in [3.63, 3.8) is 0 Å². The molecular formula is C13H21NO4. The Balaban J connectivity index is 4.27. The van der Waals surface area contributed by atoms with Crippen LogP contribution < -0.4 is 5.32 Å². The maximum Gasteiger partial charge on any atom is 0.328 e. The van der Waals surface area contributed by atoms with Crippen molar-refractivity contribution in [1.82, 2.24) is 5.32 Å². The second-order valence-corrected chi connectivity index (χ2v) is 4.39. The van der Waals surface area contributed by atoms with Crippen molar-refractivity contribution < 1.29 is 19.8 Å². The van der Waals surface area contributed by atoms with Crippen molar-refractivity contribution in [3.8, 4) is 0 Å². The van der Waals surface area contributed by atoms with Crippen molar-refractivity contribution in [2.24, 2.45) is 0 Å². The number of rotatable bonds is 7. The Hall–Kier alpha value is -1.62. The number of aliphatic hydroxyl groups excluding tert-OH is 1. The first-order valence-corrected chi connectivity index (χ1v) is 5.81. The van der Waals surface area contributed by atoms with Crippen LogP contribution in [0.4, 0.5) is 0 Å². The molecule has 18 heavy (non-hydrogen) atoms. The molecule has 0 bridgehead atoms. The molecule has 0 aromatic rings. The fraction of sp³-hybridized carbons (Fsp3) is 0.538. The number of nitrogens with one attached hydrogen (secondary N) is 1. The first kappa shape index (κ1) is 16.4. The lowest BCUT2D eigenvalue weighted by molar-refractivity contribution is -0.142. The van der Waals surface area contributed by atoms with Crippen molar-refractivity contribution in [2.45, 2.75) is 39.7 Å². The molecule has 0 aromatic carbocycles. The number of amides is 1. The molecule has 0 aliphatic carbocycles. The quantitative estimate of drug-likeness (QED) is 0.472. The summed E-state index contributed by atoms with van der Waals surface area (Å²) in [4.78, 5) is 22.0. The third-order valence-corrected chi connectivity index (χ3v) is 2.27. The normalized spacial score (nSPS) is 12.8. The predicted molar refractivity (Wildman–Crippen MR) is 69.1 cm³/mol. The third kappa shape index (κ3) is 7.62. The molecule has 0 saturated heterocycles. The lowest BCUT2D eigenvalue weighted by Crippen LogP contribution is -2.42. The molecule has 0 rings (SSSR count). The minimum Gasteiger partial charge on any atom is -0.480 e. The van der Waals surface area contributed by atoms with Crippen LogP contribution in [-0.4, -0.2) is 34.7 Å². The molecule has 1 atom stereocenters. The molecule has 0 aliphatic heterocycles. The van der Waals surface area contributed by atoms with Crippen LogP contribution >= 0.6 is 0 Å². The fourth-order valence-corrected chi connectivity index (χ4v) is 1.28. The molecule has 5 nitrogen and oxygen atoms in total. The Labute approximate surface area is 107 Å². The zero-order chi connectivity index (χ0) is 14.1. The van der Waals surface area contributed by atoms with Crippen LogP contribution in [0.25, 0.3) is 0 Å². The Kier molecular flexibility index (Phi) is 7.71. The van der Waals surface area contributed by atoms with E-state index in [0.717, 1.165) is 18.4 Å². The van der Waals surface area contributed by atoms with E-state index >= 15 is 0 Å². The number of carboxylic acid groups (broad SMARTS) is 1. The number of carboxylic acids is 1. The number of hydrogen-bond donors (Lipinski definition) is 3. The van der Waals surface area contributed by atoms with Crippen molar-refractivity contribution in [2.75, 3.05) is 6.61 Å². The summed E-state index contributed by atoms with van der Waals surface area (Å²) in [7, 11) is 0. The van der Waals surface area contributed by atoms with Crippen molar-refractivity contribution in [3.05, 3.63) is 23.3 Å². The molecule has 0 aromatic heterocycles. The fourth-order valence-electron chi connectivity index (χ4n) is 1.28. The summed E-state index contributed by atoms with van der Waals surface area (Å²) in [6.07, 6.45) is 5.03. The predicted octanol–water partition coefficient (Wildman–Crippen LogP) is 1.24. The molecule has 0 heterocycles. The summed E-state index contributed by atoms with van der Waals surface area (Å²) in [5.41, 5.74) is 2.09. The molecule has 5 heteroatoms. The average molecular weight is 255 g/mol. The van der Waals surface area contributed by atoms with Gasteiger partial charge in [0, 0.05) is 6.08 Å². The minimum absolute atomic E-state index is 0.494. The van der Waals surface area contributed by atoms with Gasteiger partial charge in [-0.05, 0) is 33.6 Å². The maximum atomic E-state index is 11.4. The third-order valence-electron chi connectivity index (χ3n) is 2.27. The van der Waals surface area contributed by atoms with Gasteiger partial charge in [0.05, 0.1) is 6.61 Å². The largest absolute Gasteiger partial charge is 0.480 e. The van der Waals surface area contributed by atoms with Gasteiger partial charge in [0.2, 0.25) is 5.91 Å². The lowest BCUT2D eigenvalue weighted by atomic mass is 10.1. The molecule has 102 valence electrons. The van der Waals surface area contributed by atoms with Gasteiger partial charge < -0.3 is 15.5 Å². The van der Waals surface area contributed by atoms with E-state index in [2.05, 4.69) is 11.4 Å². The Morgan fingerprint density at radius 3 is 2.33 bits per heavy atom. The average Bonchev–Trinajstić information content (AvgIpc) is 2.24. The van der Waals surface area contributed by atoms with E-state index in [0.29, 0.717) is 0 Å². The van der Waals surface area contributed by atoms with Gasteiger partial charge in [0.15, 0.2) is 6.04 Å². The Morgan fingerprint density at radius 2 is 1.89 bits per heavy atom. The molecular weight excluding hydrogens is 234 g/mol. The smallest absolute Gasteiger partial charge is 0.328 e. The van der Waals surface area contributed by atoms with Crippen LogP contribution in [0.15, 0.2) is 23.3 Å². The van der Waals surface area contributed by atoms with Gasteiger partial charge in [-0.2, -0.15) is 0 Å². The zero-order valence-electron chi connectivity index (χ0n) is 11.1. The van der Waals surface area contributed by atoms with Crippen LogP contribution in [-0.2, 0) is 9.59 Å². The van der Waals surface area contributed by atoms with Crippen molar-refractivity contribution in [1.29, 1.82) is 0 Å². The van der Waals surface area contributed by atoms with Crippen LogP contribution in [0, 0.1) is 0 Å². The van der Waals surface area contributed by atoms with E-state index in [-0.39, 0.29) is 0 Å². The highest BCUT2D eigenvalue weighted by atomic mass is 16.4. The number of carbonyl (C=O) groups is 2. The molecule has 0 radical (unpaired) electrons. The molecule has 3 N–H and O–H groups in total. The highest BCUT2D eigenvalue weighted by Crippen LogP contribution is 2.06. The topological polar surface area (TPSA) is 86.6 Å². The van der Waals surface area contributed by atoms with Gasteiger partial charge in [0.25, 0.3) is 0 Å². The Morgan fingerprint density at radius 1 is 1.28 bits per heavy atom. The van der Waals surface area contributed by atoms with E-state index in [1.807, 2.05) is 20.8 Å². The van der Waals surface area contributed by atoms with Crippen LogP contribution in [0.3, 0.4) is 0 Å². The molecule has 0 unspecified atom stereocenters. The summed E-state index contributed by atoms with van der Waals surface area (Å²) in [6.45, 7) is 5.20. The molecule has 1 amide bonds. The van der Waals surface area contributed by atoms with Crippen LogP contribution in [0.5, 0.6) is 0 Å². The van der Waals surface area contributed by atoms with E-state index in [9.17, 15) is 9.59 Å². The summed E-state index contributed by atoms with van der Waals surface area (Å²) < 4.78 is 0. The molecule has 0 aliphatic rings. The maximum absolute atomic E-state index is 11.4. The van der Waals surface area contributed by atoms with Gasteiger partial charge in [0.1, 0.15) is 0 Å². The molecule has 0 saturated carbocycles. The summed E-state index contributed by atoms with van der Waals surface area (Å²) in [5.74, 6) is -1.74. The van der Waals surface area contributed by atoms with Gasteiger partial charge >= 0.3 is 5.97 Å². The van der Waals surface area contributed by atoms with E-state index in [1.165, 1.54) is 11.6 Å². The second kappa shape index (κ2) is 8.47. The number of aliphatic hydroxyl groups is 1. The van der Waals surface area contributed by atoms with Crippen LogP contribution in [0.1, 0.15) is 33.6 Å². The standard InChI is InChI=1S/C13H21NO4/c1-9(2)5-4-6-10(3)7-12(16)14-11(8-15)13(17)18/h5,7,11,15H,4,6,8H2,1-3H3,(H,14,16)(H,17,18)/t11-/m0/s1. The highest BCUT2D eigenvalue weighted by Gasteiger charge is 2.17. The van der Waals surface area contributed by atoms with Crippen LogP contribution in [0.2, 0.25) is 0 Å². The van der Waals surface area contributed by atoms with E-state index < -0.39 is 24.5 Å². The zero-order valence-corrected chi connectivity index (χ0v) is 11.1. The monoisotopic (exact) mass is 255 g/mol. The first-order valence-electron chi connectivity index (χ1n) is 5.81. The van der Waals surface area contributed by atoms with Gasteiger partial charge in [-0.3, -0.25) is 4.79 Å². The number of carbonyl (C=O) groups excluding carboxylic acids is 1. The summed E-state index contributed by atoms with van der Waals surface area (Å²) >= 11 is 0. The summed E-state index contributed by atoms with van der Waals surface area (Å²) in [5, 5.41) is 19.6. The Bertz CT molecular complexity index is 354. The van der Waals surface area contributed by atoms with Gasteiger partial charge in [-0.1, -0.05) is 17.2 Å². The molecule has 0 fully saturated rings. The van der Waals surface area contributed by atoms with Gasteiger partial charge in [-0.15, -0.1) is 0 Å². The SMILES string of the molecule is CC(C)=CCCC(C)=CC(=O)N[C@@H](CO)C(=O)O. The number of hydrogen-bond acceptors (Lipinski definition) is 3. The number of allylic oxidation sites excluding steroid dienone is 3.